The largest absolute Gasteiger partial charge is 0.318 e. The molecule has 3 aliphatic heterocycles. The molecule has 0 saturated carbocycles. The third kappa shape index (κ3) is 0.974. The lowest BCUT2D eigenvalue weighted by molar-refractivity contribution is 0.245. The number of hydrogen-bond acceptors (Lipinski definition) is 5. The van der Waals surface area contributed by atoms with Gasteiger partial charge in [0, 0.05) is 28.5 Å². The van der Waals surface area contributed by atoms with Gasteiger partial charge in [-0.1, -0.05) is 11.8 Å². The van der Waals surface area contributed by atoms with Crippen LogP contribution in [0.4, 0.5) is 0 Å². The first kappa shape index (κ1) is 8.05. The van der Waals surface area contributed by atoms with Gasteiger partial charge in [0.2, 0.25) is 0 Å². The van der Waals surface area contributed by atoms with Gasteiger partial charge < -0.3 is 11.0 Å². The molecule has 0 radical (unpaired) electrons. The van der Waals surface area contributed by atoms with Crippen LogP contribution >= 0.6 is 23.5 Å². The van der Waals surface area contributed by atoms with E-state index in [2.05, 4.69) is 6.07 Å². The van der Waals surface area contributed by atoms with E-state index in [1.54, 1.807) is 17.1 Å². The maximum absolute atomic E-state index is 9.15. The molecule has 3 heterocycles. The summed E-state index contributed by atoms with van der Waals surface area (Å²) in [7, 11) is 0. The van der Waals surface area contributed by atoms with Gasteiger partial charge in [-0.05, 0) is 5.57 Å². The fraction of sp³-hybridized carbons (Fsp3) is 0.667. The topological polar surface area (TPSA) is 61.8 Å². The van der Waals surface area contributed by atoms with Crippen molar-refractivity contribution < 1.29 is 1.41 Å². The van der Waals surface area contributed by atoms with Crippen molar-refractivity contribution in [2.24, 2.45) is 17.1 Å². The van der Waals surface area contributed by atoms with Crippen LogP contribution in [-0.2, 0) is 0 Å². The van der Waals surface area contributed by atoms with Crippen LogP contribution in [0, 0.1) is 22.7 Å². The molecule has 1 fully saturated rings. The van der Waals surface area contributed by atoms with Gasteiger partial charge in [-0.25, -0.2) is 0 Å². The molecule has 0 aromatic rings. The summed E-state index contributed by atoms with van der Waals surface area (Å²) in [4.78, 5) is 0. The molecule has 0 aromatic carbocycles. The van der Waals surface area contributed by atoms with Gasteiger partial charge in [0.25, 0.3) is 0 Å². The lowest BCUT2D eigenvalue weighted by Gasteiger charge is -2.42. The van der Waals surface area contributed by atoms with E-state index in [-0.39, 0.29) is 16.7 Å². The second-order valence-electron chi connectivity index (χ2n) is 4.00. The van der Waals surface area contributed by atoms with Gasteiger partial charge in [-0.2, -0.15) is 5.26 Å². The van der Waals surface area contributed by atoms with Gasteiger partial charge in [0.05, 0.1) is 17.4 Å². The summed E-state index contributed by atoms with van der Waals surface area (Å²) in [6, 6.07) is 2.33. The molecule has 3 rings (SSSR count). The van der Waals surface area contributed by atoms with Crippen molar-refractivity contribution in [3.05, 3.63) is 9.81 Å². The molecule has 0 aliphatic carbocycles. The molecule has 2 unspecified atom stereocenters. The molecule has 1 saturated heterocycles. The fourth-order valence-electron chi connectivity index (χ4n) is 2.27. The Morgan fingerprint density at radius 3 is 3.14 bits per heavy atom. The zero-order valence-corrected chi connectivity index (χ0v) is 9.20. The second-order valence-corrected chi connectivity index (χ2v) is 6.43. The summed E-state index contributed by atoms with van der Waals surface area (Å²) in [6.45, 7) is 1.54. The Morgan fingerprint density at radius 1 is 1.71 bits per heavy atom. The highest BCUT2D eigenvalue weighted by Gasteiger charge is 2.53. The summed E-state index contributed by atoms with van der Waals surface area (Å²) in [6.07, 6.45) is 0. The molecular weight excluding hydrogens is 214 g/mol. The number of nitrogens with two attached hydrogens (primary N) is 1. The van der Waals surface area contributed by atoms with Crippen molar-refractivity contribution in [2.45, 2.75) is 5.37 Å². The van der Waals surface area contributed by atoms with E-state index in [0.29, 0.717) is 0 Å². The second kappa shape index (κ2) is 2.92. The van der Waals surface area contributed by atoms with Gasteiger partial charge in [-0.15, -0.1) is 11.8 Å². The molecule has 0 aromatic heterocycles. The summed E-state index contributed by atoms with van der Waals surface area (Å²) < 4.78 is 8.77. The average molecular weight is 226 g/mol. The van der Waals surface area contributed by atoms with E-state index in [4.69, 9.17) is 12.4 Å². The predicted octanol–water partition coefficient (Wildman–Crippen LogP) is 0.706. The number of hydrogen-bond donors (Lipinski definition) is 2. The first-order valence-electron chi connectivity index (χ1n) is 5.04. The smallest absolute Gasteiger partial charge is 0.122 e. The van der Waals surface area contributed by atoms with E-state index in [1.807, 2.05) is 11.8 Å². The van der Waals surface area contributed by atoms with Crippen molar-refractivity contribution in [3.8, 4) is 6.07 Å². The highest BCUT2D eigenvalue weighted by Crippen LogP contribution is 2.59. The van der Waals surface area contributed by atoms with Gasteiger partial charge in [-0.3, -0.25) is 0 Å². The van der Waals surface area contributed by atoms with E-state index in [9.17, 15) is 0 Å². The van der Waals surface area contributed by atoms with Crippen molar-refractivity contribution in [1.82, 2.24) is 5.31 Å². The van der Waals surface area contributed by atoms with Crippen LogP contribution in [0.5, 0.6) is 0 Å². The molecule has 3 N–H and O–H groups in total. The number of nitrogens with zero attached hydrogens (tertiary/aromatic N) is 1. The molecule has 5 heteroatoms. The van der Waals surface area contributed by atoms with Crippen LogP contribution in [0.25, 0.3) is 0 Å². The lowest BCUT2D eigenvalue weighted by Crippen LogP contribution is -2.56. The number of rotatable bonds is 0. The Morgan fingerprint density at radius 2 is 2.50 bits per heavy atom. The van der Waals surface area contributed by atoms with Crippen LogP contribution in [0.2, 0.25) is 1.41 Å². The van der Waals surface area contributed by atoms with Crippen molar-refractivity contribution in [2.75, 3.05) is 18.8 Å². The Kier molecular flexibility index (Phi) is 1.68. The molecular formula is C9H11N3S2. The molecule has 0 bridgehead atoms. The summed E-state index contributed by atoms with van der Waals surface area (Å²) in [5.41, 5.74) is 7.29. The first-order chi connectivity index (χ1) is 7.16. The monoisotopic (exact) mass is 226 g/mol. The maximum atomic E-state index is 9.15. The standard InChI is InChI=1S/C9H11N3S2/c10-1-5-6-8(14-7(5)11)13-4-9(6)2-12-3-9/h5,7,12H,2-4,11H2/i/hD. The molecule has 74 valence electrons. The molecule has 1 spiro atoms. The van der Waals surface area contributed by atoms with Crippen LogP contribution < -0.4 is 11.0 Å². The van der Waals surface area contributed by atoms with Crippen molar-refractivity contribution >= 4 is 23.5 Å². The van der Waals surface area contributed by atoms with Crippen LogP contribution in [-0.4, -0.2) is 24.2 Å². The van der Waals surface area contributed by atoms with E-state index in [0.717, 1.165) is 18.8 Å². The number of fused-ring (bicyclic) bond motifs is 1. The molecule has 2 atom stereocenters. The van der Waals surface area contributed by atoms with Gasteiger partial charge >= 0.3 is 0 Å². The minimum atomic E-state index is -0.131. The SMILES string of the molecule is [2H]N1CC2(CSC3=C2C(C#N)C(N)S3)C1. The van der Waals surface area contributed by atoms with Crippen LogP contribution in [0.1, 0.15) is 0 Å². The van der Waals surface area contributed by atoms with E-state index < -0.39 is 0 Å². The van der Waals surface area contributed by atoms with Gasteiger partial charge in [0.1, 0.15) is 1.41 Å². The third-order valence-corrected chi connectivity index (χ3v) is 5.92. The van der Waals surface area contributed by atoms with Crippen LogP contribution in [0.15, 0.2) is 9.81 Å². The Bertz CT molecular complexity index is 383. The summed E-state index contributed by atoms with van der Waals surface area (Å²) in [5.74, 6) is 0.902. The number of nitrogens with one attached hydrogen (secondary N) is 1. The summed E-state index contributed by atoms with van der Waals surface area (Å²) in [5, 5.41) is 10.6. The molecule has 14 heavy (non-hydrogen) atoms. The predicted molar refractivity (Wildman–Crippen MR) is 59.5 cm³/mol. The quantitative estimate of drug-likeness (QED) is 0.637. The Balaban J connectivity index is 1.95. The molecule has 3 aliphatic rings. The maximum Gasteiger partial charge on any atom is 0.122 e. The minimum Gasteiger partial charge on any atom is -0.318 e. The average Bonchev–Trinajstić information content (AvgIpc) is 2.62. The fourth-order valence-corrected chi connectivity index (χ4v) is 5.34. The third-order valence-electron chi connectivity index (χ3n) is 3.12. The first-order valence-corrected chi connectivity index (χ1v) is 6.46. The zero-order valence-electron chi connectivity index (χ0n) is 8.56. The Labute approximate surface area is 92.9 Å². The zero-order chi connectivity index (χ0) is 10.6. The van der Waals surface area contributed by atoms with E-state index in [1.165, 1.54) is 9.81 Å². The number of thioether (sulfide) groups is 2. The van der Waals surface area contributed by atoms with Crippen molar-refractivity contribution in [3.63, 3.8) is 0 Å². The highest BCUT2D eigenvalue weighted by atomic mass is 32.2. The minimum absolute atomic E-state index is 0.0931. The highest BCUT2D eigenvalue weighted by molar-refractivity contribution is 8.23. The number of nitriles is 1. The molecule has 0 amide bonds. The molecule has 3 nitrogen and oxygen atoms in total. The van der Waals surface area contributed by atoms with Gasteiger partial charge in [0.15, 0.2) is 0 Å². The lowest BCUT2D eigenvalue weighted by atomic mass is 9.72. The Hall–Kier alpha value is -0.150. The van der Waals surface area contributed by atoms with E-state index >= 15 is 0 Å². The van der Waals surface area contributed by atoms with Crippen LogP contribution in [0.3, 0.4) is 0 Å². The van der Waals surface area contributed by atoms with Crippen molar-refractivity contribution in [1.29, 1.82) is 5.26 Å². The summed E-state index contributed by atoms with van der Waals surface area (Å²) >= 11 is 3.46. The normalized spacial score (nSPS) is 40.7.